The smallest absolute Gasteiger partial charge is 0.262 e. The predicted octanol–water partition coefficient (Wildman–Crippen LogP) is 4.12. The second-order valence-electron chi connectivity index (χ2n) is 6.17. The summed E-state index contributed by atoms with van der Waals surface area (Å²) in [5.74, 6) is -1.43. The van der Waals surface area contributed by atoms with Gasteiger partial charge in [0, 0.05) is 17.5 Å². The number of aromatic hydroxyl groups is 1. The number of H-pyrrole nitrogens is 1. The average Bonchev–Trinajstić information content (AvgIpc) is 3.20. The first-order chi connectivity index (χ1) is 14.0. The van der Waals surface area contributed by atoms with Crippen LogP contribution >= 0.6 is 11.8 Å². The zero-order chi connectivity index (χ0) is 20.4. The highest BCUT2D eigenvalue weighted by molar-refractivity contribution is 8.15. The molecule has 2 aromatic carbocycles. The maximum Gasteiger partial charge on any atom is 0.262 e. The second-order valence-corrected chi connectivity index (χ2v) is 7.34. The number of hydrogen-bond acceptors (Lipinski definition) is 6. The largest absolute Gasteiger partial charge is 0.493 e. The van der Waals surface area contributed by atoms with E-state index in [1.807, 2.05) is 6.07 Å². The Kier molecular flexibility index (Phi) is 5.09. The van der Waals surface area contributed by atoms with Gasteiger partial charge in [-0.25, -0.2) is 4.39 Å². The third-order valence-corrected chi connectivity index (χ3v) is 5.16. The molecule has 3 N–H and O–H groups in total. The van der Waals surface area contributed by atoms with Crippen molar-refractivity contribution in [2.45, 2.75) is 11.7 Å². The third-order valence-electron chi connectivity index (χ3n) is 4.12. The van der Waals surface area contributed by atoms with E-state index in [0.717, 1.165) is 11.8 Å². The summed E-state index contributed by atoms with van der Waals surface area (Å²) in [5, 5.41) is 20.6. The Labute approximate surface area is 167 Å². The number of nitrogens with zero attached hydrogens (tertiary/aromatic N) is 3. The standard InChI is InChI=1S/C19H14FN5O3S/c20-10-5-7-11(8-6-10)21-15(26)9-14-17(27)23-19(29-14)25-24-16-12-3-1-2-4-13(12)22-18(16)28/h1-8,14,22,28H,9H2,(H,21,26)/t14-/m1/s1. The quantitative estimate of drug-likeness (QED) is 0.559. The van der Waals surface area contributed by atoms with Gasteiger partial charge >= 0.3 is 0 Å². The number of aromatic nitrogens is 1. The van der Waals surface area contributed by atoms with Gasteiger partial charge in [0.25, 0.3) is 5.91 Å². The number of thioether (sulfide) groups is 1. The zero-order valence-electron chi connectivity index (χ0n) is 14.8. The number of aliphatic imine (C=N–C) groups is 1. The molecule has 0 spiro atoms. The molecule has 0 aliphatic carbocycles. The van der Waals surface area contributed by atoms with E-state index in [9.17, 15) is 19.1 Å². The van der Waals surface area contributed by atoms with E-state index in [1.165, 1.54) is 24.3 Å². The number of fused-ring (bicyclic) bond motifs is 1. The van der Waals surface area contributed by atoms with Gasteiger partial charge in [-0.3, -0.25) is 9.59 Å². The summed E-state index contributed by atoms with van der Waals surface area (Å²) in [7, 11) is 0. The fourth-order valence-corrected chi connectivity index (χ4v) is 3.64. The lowest BCUT2D eigenvalue weighted by atomic mass is 10.2. The Hall–Kier alpha value is -3.53. The molecular formula is C19H14FN5O3S. The molecule has 146 valence electrons. The molecule has 4 rings (SSSR count). The van der Waals surface area contributed by atoms with E-state index in [0.29, 0.717) is 16.6 Å². The topological polar surface area (TPSA) is 119 Å². The predicted molar refractivity (Wildman–Crippen MR) is 108 cm³/mol. The Morgan fingerprint density at radius 3 is 2.76 bits per heavy atom. The average molecular weight is 411 g/mol. The van der Waals surface area contributed by atoms with Crippen molar-refractivity contribution in [3.05, 3.63) is 54.3 Å². The van der Waals surface area contributed by atoms with E-state index < -0.39 is 22.9 Å². The van der Waals surface area contributed by atoms with Gasteiger partial charge in [0.1, 0.15) is 11.1 Å². The summed E-state index contributed by atoms with van der Waals surface area (Å²) in [6.07, 6.45) is -0.109. The van der Waals surface area contributed by atoms with Crippen LogP contribution in [-0.4, -0.2) is 32.3 Å². The zero-order valence-corrected chi connectivity index (χ0v) is 15.6. The van der Waals surface area contributed by atoms with Crippen molar-refractivity contribution in [2.24, 2.45) is 15.2 Å². The summed E-state index contributed by atoms with van der Waals surface area (Å²) >= 11 is 1.02. The molecule has 0 bridgehead atoms. The van der Waals surface area contributed by atoms with Crippen LogP contribution < -0.4 is 5.32 Å². The van der Waals surface area contributed by atoms with Crippen LogP contribution in [0, 0.1) is 5.82 Å². The van der Waals surface area contributed by atoms with Gasteiger partial charge in [-0.05, 0) is 30.3 Å². The molecule has 1 aromatic heterocycles. The number of amidine groups is 1. The Morgan fingerprint density at radius 1 is 1.21 bits per heavy atom. The molecule has 2 heterocycles. The van der Waals surface area contributed by atoms with Gasteiger partial charge in [-0.1, -0.05) is 30.0 Å². The minimum absolute atomic E-state index is 0.109. The number of nitrogens with one attached hydrogen (secondary N) is 2. The molecule has 0 saturated carbocycles. The highest BCUT2D eigenvalue weighted by Gasteiger charge is 2.31. The Bertz CT molecular complexity index is 1160. The SMILES string of the molecule is O=C(C[C@H]1SC(N=Nc2c(O)[nH]c3ccccc23)=NC1=O)Nc1ccc(F)cc1. The van der Waals surface area contributed by atoms with Crippen LogP contribution in [0.25, 0.3) is 10.9 Å². The molecule has 1 aliphatic heterocycles. The Balaban J connectivity index is 1.40. The number of carbonyl (C=O) groups excluding carboxylic acids is 2. The van der Waals surface area contributed by atoms with Crippen LogP contribution in [0.5, 0.6) is 5.88 Å². The highest BCUT2D eigenvalue weighted by atomic mass is 32.2. The number of aromatic amines is 1. The molecule has 8 nitrogen and oxygen atoms in total. The molecule has 2 amide bonds. The first kappa shape index (κ1) is 18.8. The molecular weight excluding hydrogens is 397 g/mol. The van der Waals surface area contributed by atoms with Crippen molar-refractivity contribution in [1.29, 1.82) is 0 Å². The number of amides is 2. The molecule has 0 fully saturated rings. The number of halogens is 1. The summed E-state index contributed by atoms with van der Waals surface area (Å²) in [4.78, 5) is 30.8. The van der Waals surface area contributed by atoms with Crippen LogP contribution in [0.4, 0.5) is 15.8 Å². The maximum absolute atomic E-state index is 12.9. The number of azo groups is 1. The molecule has 1 aliphatic rings. The summed E-state index contributed by atoms with van der Waals surface area (Å²) in [6, 6.07) is 12.5. The number of carbonyl (C=O) groups is 2. The van der Waals surface area contributed by atoms with E-state index in [4.69, 9.17) is 0 Å². The molecule has 29 heavy (non-hydrogen) atoms. The number of anilines is 1. The van der Waals surface area contributed by atoms with Crippen molar-refractivity contribution in [3.63, 3.8) is 0 Å². The van der Waals surface area contributed by atoms with Crippen LogP contribution in [0.1, 0.15) is 6.42 Å². The Morgan fingerprint density at radius 2 is 1.97 bits per heavy atom. The van der Waals surface area contributed by atoms with Gasteiger partial charge in [0.2, 0.25) is 17.0 Å². The highest BCUT2D eigenvalue weighted by Crippen LogP contribution is 2.36. The minimum atomic E-state index is -0.721. The number of para-hydroxylation sites is 1. The van der Waals surface area contributed by atoms with E-state index >= 15 is 0 Å². The number of benzene rings is 2. The molecule has 3 aromatic rings. The van der Waals surface area contributed by atoms with Gasteiger partial charge in [0.15, 0.2) is 5.69 Å². The van der Waals surface area contributed by atoms with Crippen LogP contribution in [0.2, 0.25) is 0 Å². The molecule has 10 heteroatoms. The fourth-order valence-electron chi connectivity index (χ4n) is 2.77. The minimum Gasteiger partial charge on any atom is -0.493 e. The summed E-state index contributed by atoms with van der Waals surface area (Å²) < 4.78 is 12.9. The van der Waals surface area contributed by atoms with Crippen LogP contribution in [0.15, 0.2) is 63.8 Å². The fraction of sp³-hybridized carbons (Fsp3) is 0.105. The molecule has 1 atom stereocenters. The van der Waals surface area contributed by atoms with Gasteiger partial charge in [-0.2, -0.15) is 4.99 Å². The van der Waals surface area contributed by atoms with Gasteiger partial charge in [-0.15, -0.1) is 10.2 Å². The first-order valence-electron chi connectivity index (χ1n) is 8.55. The lowest BCUT2D eigenvalue weighted by Crippen LogP contribution is -2.21. The van der Waals surface area contributed by atoms with Crippen molar-refractivity contribution in [3.8, 4) is 5.88 Å². The van der Waals surface area contributed by atoms with Crippen LogP contribution in [-0.2, 0) is 9.59 Å². The van der Waals surface area contributed by atoms with Crippen molar-refractivity contribution >= 4 is 51.0 Å². The maximum atomic E-state index is 12.9. The van der Waals surface area contributed by atoms with E-state index in [2.05, 4.69) is 25.5 Å². The first-order valence-corrected chi connectivity index (χ1v) is 9.43. The monoisotopic (exact) mass is 411 g/mol. The van der Waals surface area contributed by atoms with Crippen molar-refractivity contribution < 1.29 is 19.1 Å². The van der Waals surface area contributed by atoms with E-state index in [-0.39, 0.29) is 23.2 Å². The molecule has 0 unspecified atom stereocenters. The summed E-state index contributed by atoms with van der Waals surface area (Å²) in [5.41, 5.74) is 1.38. The number of hydrogen-bond donors (Lipinski definition) is 3. The van der Waals surface area contributed by atoms with Crippen molar-refractivity contribution in [1.82, 2.24) is 4.98 Å². The third kappa shape index (κ3) is 4.16. The second kappa shape index (κ2) is 7.84. The normalized spacial score (nSPS) is 16.5. The van der Waals surface area contributed by atoms with Gasteiger partial charge < -0.3 is 15.4 Å². The lowest BCUT2D eigenvalue weighted by molar-refractivity contribution is -0.121. The lowest BCUT2D eigenvalue weighted by Gasteiger charge is -2.07. The molecule has 0 saturated heterocycles. The van der Waals surface area contributed by atoms with E-state index in [1.54, 1.807) is 18.2 Å². The number of rotatable bonds is 4. The van der Waals surface area contributed by atoms with Gasteiger partial charge in [0.05, 0.1) is 5.52 Å². The summed E-state index contributed by atoms with van der Waals surface area (Å²) in [6.45, 7) is 0. The van der Waals surface area contributed by atoms with Crippen molar-refractivity contribution in [2.75, 3.05) is 5.32 Å². The molecule has 0 radical (unpaired) electrons. The van der Waals surface area contributed by atoms with Crippen LogP contribution in [0.3, 0.4) is 0 Å².